The molecule has 3 nitrogen and oxygen atoms in total. The molecule has 0 N–H and O–H groups in total. The van der Waals surface area contributed by atoms with Crippen LogP contribution in [0.15, 0.2) is 18.2 Å². The first-order valence-electron chi connectivity index (χ1n) is 11.3. The van der Waals surface area contributed by atoms with Crippen LogP contribution in [0.2, 0.25) is 0 Å². The number of ether oxygens (including phenoxy) is 2. The normalized spacial score (nSPS) is 24.4. The number of halogens is 1. The molecule has 1 aliphatic heterocycles. The Labute approximate surface area is 177 Å². The van der Waals surface area contributed by atoms with E-state index in [9.17, 15) is 0 Å². The average molecular weight is 408 g/mol. The lowest BCUT2D eigenvalue weighted by Gasteiger charge is -2.37. The largest absolute Gasteiger partial charge is 0.496 e. The molecule has 0 amide bonds. The van der Waals surface area contributed by atoms with E-state index in [-0.39, 0.29) is 18.5 Å². The first-order valence-corrected chi connectivity index (χ1v) is 11.3. The Morgan fingerprint density at radius 3 is 2.43 bits per heavy atom. The minimum Gasteiger partial charge on any atom is -0.496 e. The fourth-order valence-corrected chi connectivity index (χ4v) is 5.71. The molecule has 158 valence electrons. The number of benzene rings is 1. The van der Waals surface area contributed by atoms with E-state index in [1.165, 1.54) is 75.6 Å². The van der Waals surface area contributed by atoms with Gasteiger partial charge in [-0.25, -0.2) is 0 Å². The molecule has 4 rings (SSSR count). The fourth-order valence-electron chi connectivity index (χ4n) is 5.71. The second kappa shape index (κ2) is 10.8. The molecule has 2 aliphatic carbocycles. The third kappa shape index (κ3) is 5.23. The SMILES string of the molecule is COc1cccc2c1CCCC2OCCN1CCC(C2CCCCC2)CC1.Cl. The maximum absolute atomic E-state index is 6.36. The molecule has 1 aromatic carbocycles. The lowest BCUT2D eigenvalue weighted by atomic mass is 9.76. The summed E-state index contributed by atoms with van der Waals surface area (Å²) in [5.41, 5.74) is 2.72. The summed E-state index contributed by atoms with van der Waals surface area (Å²) >= 11 is 0. The van der Waals surface area contributed by atoms with Crippen molar-refractivity contribution in [2.75, 3.05) is 33.4 Å². The van der Waals surface area contributed by atoms with E-state index >= 15 is 0 Å². The van der Waals surface area contributed by atoms with Crippen LogP contribution in [0.1, 0.15) is 75.0 Å². The van der Waals surface area contributed by atoms with Crippen molar-refractivity contribution in [3.63, 3.8) is 0 Å². The number of hydrogen-bond donors (Lipinski definition) is 0. The number of fused-ring (bicyclic) bond motifs is 1. The first-order chi connectivity index (χ1) is 13.3. The third-order valence-corrected chi connectivity index (χ3v) is 7.30. The van der Waals surface area contributed by atoms with Gasteiger partial charge in [0.1, 0.15) is 5.75 Å². The van der Waals surface area contributed by atoms with Gasteiger partial charge in [0.2, 0.25) is 0 Å². The molecule has 28 heavy (non-hydrogen) atoms. The topological polar surface area (TPSA) is 21.7 Å². The van der Waals surface area contributed by atoms with Gasteiger partial charge in [0.25, 0.3) is 0 Å². The quantitative estimate of drug-likeness (QED) is 0.594. The van der Waals surface area contributed by atoms with E-state index in [0.29, 0.717) is 0 Å². The minimum absolute atomic E-state index is 0. The number of rotatable bonds is 6. The number of methoxy groups -OCH3 is 1. The van der Waals surface area contributed by atoms with Gasteiger partial charge in [-0.1, -0.05) is 44.2 Å². The summed E-state index contributed by atoms with van der Waals surface area (Å²) in [6.07, 6.45) is 14.0. The van der Waals surface area contributed by atoms with E-state index in [4.69, 9.17) is 9.47 Å². The third-order valence-electron chi connectivity index (χ3n) is 7.30. The zero-order valence-electron chi connectivity index (χ0n) is 17.5. The van der Waals surface area contributed by atoms with Crippen LogP contribution in [0.5, 0.6) is 5.75 Å². The highest BCUT2D eigenvalue weighted by Crippen LogP contribution is 2.38. The van der Waals surface area contributed by atoms with Gasteiger partial charge >= 0.3 is 0 Å². The zero-order chi connectivity index (χ0) is 18.5. The number of hydrogen-bond acceptors (Lipinski definition) is 3. The summed E-state index contributed by atoms with van der Waals surface area (Å²) in [6.45, 7) is 4.50. The average Bonchev–Trinajstić information content (AvgIpc) is 2.74. The highest BCUT2D eigenvalue weighted by molar-refractivity contribution is 5.85. The van der Waals surface area contributed by atoms with E-state index < -0.39 is 0 Å². The maximum atomic E-state index is 6.36. The van der Waals surface area contributed by atoms with Crippen molar-refractivity contribution in [3.05, 3.63) is 29.3 Å². The van der Waals surface area contributed by atoms with Crippen LogP contribution in [0.4, 0.5) is 0 Å². The van der Waals surface area contributed by atoms with Gasteiger partial charge in [-0.05, 0) is 74.2 Å². The van der Waals surface area contributed by atoms with Crippen molar-refractivity contribution in [3.8, 4) is 5.75 Å². The first kappa shape index (κ1) is 21.9. The highest BCUT2D eigenvalue weighted by atomic mass is 35.5. The molecule has 0 spiro atoms. The highest BCUT2D eigenvalue weighted by Gasteiger charge is 2.28. The summed E-state index contributed by atoms with van der Waals surface area (Å²) < 4.78 is 11.9. The lowest BCUT2D eigenvalue weighted by molar-refractivity contribution is 0.0180. The van der Waals surface area contributed by atoms with Gasteiger partial charge < -0.3 is 14.4 Å². The number of likely N-dealkylation sites (tertiary alicyclic amines) is 1. The van der Waals surface area contributed by atoms with Gasteiger partial charge in [-0.3, -0.25) is 0 Å². The van der Waals surface area contributed by atoms with E-state index in [0.717, 1.165) is 43.6 Å². The predicted octanol–water partition coefficient (Wildman–Crippen LogP) is 5.80. The van der Waals surface area contributed by atoms with Crippen molar-refractivity contribution in [2.24, 2.45) is 11.8 Å². The summed E-state index contributed by atoms with van der Waals surface area (Å²) in [6, 6.07) is 6.42. The van der Waals surface area contributed by atoms with Crippen LogP contribution >= 0.6 is 12.4 Å². The van der Waals surface area contributed by atoms with Gasteiger partial charge in [0.15, 0.2) is 0 Å². The summed E-state index contributed by atoms with van der Waals surface area (Å²) in [7, 11) is 1.77. The van der Waals surface area contributed by atoms with Gasteiger partial charge in [-0.15, -0.1) is 12.4 Å². The van der Waals surface area contributed by atoms with Gasteiger partial charge in [-0.2, -0.15) is 0 Å². The molecule has 0 aromatic heterocycles. The Morgan fingerprint density at radius 1 is 0.929 bits per heavy atom. The molecule has 1 heterocycles. The van der Waals surface area contributed by atoms with E-state index in [1.54, 1.807) is 7.11 Å². The lowest BCUT2D eigenvalue weighted by Crippen LogP contribution is -2.38. The minimum atomic E-state index is 0. The van der Waals surface area contributed by atoms with Crippen LogP contribution in [0.25, 0.3) is 0 Å². The van der Waals surface area contributed by atoms with E-state index in [2.05, 4.69) is 23.1 Å². The van der Waals surface area contributed by atoms with Gasteiger partial charge in [0, 0.05) is 6.54 Å². The van der Waals surface area contributed by atoms with E-state index in [1.807, 2.05) is 0 Å². The van der Waals surface area contributed by atoms with Crippen molar-refractivity contribution in [2.45, 2.75) is 70.3 Å². The van der Waals surface area contributed by atoms with Crippen LogP contribution in [0, 0.1) is 11.8 Å². The van der Waals surface area contributed by atoms with Crippen LogP contribution in [0.3, 0.4) is 0 Å². The van der Waals surface area contributed by atoms with Crippen molar-refractivity contribution in [1.82, 2.24) is 4.90 Å². The molecule has 1 saturated heterocycles. The summed E-state index contributed by atoms with van der Waals surface area (Å²) in [5, 5.41) is 0. The van der Waals surface area contributed by atoms with Crippen molar-refractivity contribution >= 4 is 12.4 Å². The Bertz CT molecular complexity index is 594. The summed E-state index contributed by atoms with van der Waals surface area (Å²) in [4.78, 5) is 2.63. The molecule has 0 bridgehead atoms. The van der Waals surface area contributed by atoms with Crippen molar-refractivity contribution < 1.29 is 9.47 Å². The number of nitrogens with zero attached hydrogens (tertiary/aromatic N) is 1. The monoisotopic (exact) mass is 407 g/mol. The number of piperidine rings is 1. The molecule has 1 saturated carbocycles. The Hall–Kier alpha value is -0.770. The second-order valence-corrected chi connectivity index (χ2v) is 8.86. The second-order valence-electron chi connectivity index (χ2n) is 8.86. The summed E-state index contributed by atoms with van der Waals surface area (Å²) in [5.74, 6) is 3.07. The molecule has 4 heteroatoms. The molecule has 1 atom stereocenters. The fraction of sp³-hybridized carbons (Fsp3) is 0.750. The van der Waals surface area contributed by atoms with Crippen LogP contribution < -0.4 is 4.74 Å². The maximum Gasteiger partial charge on any atom is 0.122 e. The smallest absolute Gasteiger partial charge is 0.122 e. The Morgan fingerprint density at radius 2 is 1.68 bits per heavy atom. The Kier molecular flexibility index (Phi) is 8.50. The molecular weight excluding hydrogens is 370 g/mol. The molecule has 2 fully saturated rings. The molecule has 1 unspecified atom stereocenters. The van der Waals surface area contributed by atoms with Crippen molar-refractivity contribution in [1.29, 1.82) is 0 Å². The Balaban J connectivity index is 0.00000225. The van der Waals surface area contributed by atoms with Crippen LogP contribution in [-0.2, 0) is 11.2 Å². The predicted molar refractivity (Wildman–Crippen MR) is 118 cm³/mol. The molecule has 0 radical (unpaired) electrons. The molecular formula is C24H38ClNO2. The molecule has 1 aromatic rings. The molecule has 3 aliphatic rings. The standard InChI is InChI=1S/C24H37NO2.ClH/c1-26-23-11-5-10-22-21(23)9-6-12-24(22)27-18-17-25-15-13-20(14-16-25)19-7-3-2-4-8-19;/h5,10-11,19-20,24H,2-4,6-9,12-18H2,1H3;1H. The van der Waals surface area contributed by atoms with Gasteiger partial charge in [0.05, 0.1) is 19.8 Å². The zero-order valence-corrected chi connectivity index (χ0v) is 18.4. The van der Waals surface area contributed by atoms with Crippen LogP contribution in [-0.4, -0.2) is 38.3 Å².